The van der Waals surface area contributed by atoms with Crippen LogP contribution in [0.4, 0.5) is 0 Å². The first-order chi connectivity index (χ1) is 16.2. The lowest BCUT2D eigenvalue weighted by atomic mass is 10.0. The number of esters is 1. The number of fused-ring (bicyclic) bond motifs is 3. The van der Waals surface area contributed by atoms with E-state index in [0.717, 1.165) is 23.6 Å². The molecule has 0 aromatic heterocycles. The third-order valence-corrected chi connectivity index (χ3v) is 6.50. The van der Waals surface area contributed by atoms with Crippen LogP contribution >= 0.6 is 11.6 Å². The van der Waals surface area contributed by atoms with Crippen molar-refractivity contribution < 1.29 is 34.1 Å². The molecule has 2 aliphatic heterocycles. The van der Waals surface area contributed by atoms with Crippen molar-refractivity contribution in [3.8, 4) is 5.75 Å². The number of benzene rings is 2. The van der Waals surface area contributed by atoms with Crippen LogP contribution in [0.1, 0.15) is 32.6 Å². The van der Waals surface area contributed by atoms with E-state index >= 15 is 0 Å². The number of carbonyl (C=O) groups is 3. The molecule has 9 heteroatoms. The van der Waals surface area contributed by atoms with Gasteiger partial charge in [0.15, 0.2) is 6.10 Å². The second-order valence-corrected chi connectivity index (χ2v) is 8.85. The molecule has 2 aliphatic rings. The zero-order valence-electron chi connectivity index (χ0n) is 19.0. The number of rotatable bonds is 6. The average Bonchev–Trinajstić information content (AvgIpc) is 3.00. The van der Waals surface area contributed by atoms with E-state index in [4.69, 9.17) is 31.3 Å². The van der Waals surface area contributed by atoms with Crippen LogP contribution in [0.25, 0.3) is 10.8 Å². The van der Waals surface area contributed by atoms with Gasteiger partial charge >= 0.3 is 17.9 Å². The van der Waals surface area contributed by atoms with Gasteiger partial charge in [-0.15, -0.1) is 0 Å². The van der Waals surface area contributed by atoms with Crippen molar-refractivity contribution in [3.63, 3.8) is 0 Å². The molecular formula is C25H28ClNO7. The number of carbonyl (C=O) groups excluding carboxylic acids is 1. The third kappa shape index (κ3) is 6.48. The summed E-state index contributed by atoms with van der Waals surface area (Å²) in [6.07, 6.45) is 4.73. The summed E-state index contributed by atoms with van der Waals surface area (Å²) in [6, 6.07) is 12.5. The SMILES string of the molecule is CC(Oc1ccc(Cl)c2ccccc12)C(=O)OC1CC2CCC(C1)N2C.O=C(O)/C=C\C(=O)O. The molecular weight excluding hydrogens is 462 g/mol. The molecule has 0 amide bonds. The normalized spacial score (nSPS) is 22.6. The summed E-state index contributed by atoms with van der Waals surface area (Å²) in [5.74, 6) is -2.16. The van der Waals surface area contributed by atoms with E-state index in [1.54, 1.807) is 13.0 Å². The van der Waals surface area contributed by atoms with Crippen LogP contribution in [0.3, 0.4) is 0 Å². The van der Waals surface area contributed by atoms with Crippen LogP contribution in [0.5, 0.6) is 5.75 Å². The van der Waals surface area contributed by atoms with Crippen molar-refractivity contribution in [2.75, 3.05) is 7.05 Å². The number of aliphatic carboxylic acids is 2. The summed E-state index contributed by atoms with van der Waals surface area (Å²) in [4.78, 5) is 34.1. The number of hydrogen-bond donors (Lipinski definition) is 2. The number of halogens is 1. The summed E-state index contributed by atoms with van der Waals surface area (Å²) in [5, 5.41) is 18.1. The van der Waals surface area contributed by atoms with Gasteiger partial charge in [0, 0.05) is 40.0 Å². The van der Waals surface area contributed by atoms with E-state index in [1.807, 2.05) is 30.3 Å². The molecule has 2 bridgehead atoms. The van der Waals surface area contributed by atoms with Crippen molar-refractivity contribution in [1.82, 2.24) is 4.90 Å². The Morgan fingerprint density at radius 1 is 1.00 bits per heavy atom. The zero-order valence-corrected chi connectivity index (χ0v) is 19.8. The molecule has 0 saturated carbocycles. The van der Waals surface area contributed by atoms with Crippen molar-refractivity contribution in [2.24, 2.45) is 0 Å². The summed E-state index contributed by atoms with van der Waals surface area (Å²) in [6.45, 7) is 1.75. The topological polar surface area (TPSA) is 113 Å². The van der Waals surface area contributed by atoms with Gasteiger partial charge < -0.3 is 24.6 Å². The van der Waals surface area contributed by atoms with E-state index in [1.165, 1.54) is 12.8 Å². The van der Waals surface area contributed by atoms with Gasteiger partial charge in [0.1, 0.15) is 11.9 Å². The third-order valence-electron chi connectivity index (χ3n) is 6.17. The largest absolute Gasteiger partial charge is 0.478 e. The summed E-state index contributed by atoms with van der Waals surface area (Å²) in [7, 11) is 2.18. The number of ether oxygens (including phenoxy) is 2. The first-order valence-corrected chi connectivity index (χ1v) is 11.4. The second-order valence-electron chi connectivity index (χ2n) is 8.44. The Labute approximate surface area is 202 Å². The Balaban J connectivity index is 0.000000350. The Morgan fingerprint density at radius 2 is 1.56 bits per heavy atom. The van der Waals surface area contributed by atoms with Crippen LogP contribution in [0, 0.1) is 0 Å². The number of carboxylic acids is 2. The van der Waals surface area contributed by atoms with E-state index in [-0.39, 0.29) is 12.1 Å². The first kappa shape index (κ1) is 25.5. The van der Waals surface area contributed by atoms with Crippen LogP contribution < -0.4 is 4.74 Å². The number of piperidine rings is 1. The maximum Gasteiger partial charge on any atom is 0.347 e. The minimum atomic E-state index is -1.26. The molecule has 34 heavy (non-hydrogen) atoms. The summed E-state index contributed by atoms with van der Waals surface area (Å²) < 4.78 is 11.7. The minimum absolute atomic E-state index is 0.00390. The predicted octanol–water partition coefficient (Wildman–Crippen LogP) is 4.14. The van der Waals surface area contributed by atoms with Gasteiger partial charge in [-0.1, -0.05) is 35.9 Å². The zero-order chi connectivity index (χ0) is 24.8. The van der Waals surface area contributed by atoms with Gasteiger partial charge in [-0.3, -0.25) is 0 Å². The maximum atomic E-state index is 12.5. The number of nitrogens with zero attached hydrogens (tertiary/aromatic N) is 1. The molecule has 2 N–H and O–H groups in total. The van der Waals surface area contributed by atoms with Gasteiger partial charge in [-0.2, -0.15) is 0 Å². The van der Waals surface area contributed by atoms with Gasteiger partial charge in [-0.05, 0) is 51.8 Å². The molecule has 2 heterocycles. The fourth-order valence-corrected chi connectivity index (χ4v) is 4.66. The van der Waals surface area contributed by atoms with Crippen LogP contribution in [0.2, 0.25) is 5.02 Å². The highest BCUT2D eigenvalue weighted by atomic mass is 35.5. The Morgan fingerprint density at radius 3 is 2.12 bits per heavy atom. The monoisotopic (exact) mass is 489 g/mol. The molecule has 3 unspecified atom stereocenters. The summed E-state index contributed by atoms with van der Waals surface area (Å²) in [5.41, 5.74) is 0. The van der Waals surface area contributed by atoms with E-state index in [2.05, 4.69) is 11.9 Å². The first-order valence-electron chi connectivity index (χ1n) is 11.1. The molecule has 2 saturated heterocycles. The molecule has 2 fully saturated rings. The Bertz CT molecular complexity index is 1060. The maximum absolute atomic E-state index is 12.5. The van der Waals surface area contributed by atoms with Crippen LogP contribution in [-0.2, 0) is 19.1 Å². The van der Waals surface area contributed by atoms with Crippen molar-refractivity contribution in [2.45, 2.75) is 56.9 Å². The standard InChI is InChI=1S/C21H24ClNO3.C4H4O4/c1-13(21(24)26-16-11-14-7-8-15(12-16)23(14)2)25-20-10-9-19(22)17-5-3-4-6-18(17)20;5-3(6)1-2-4(7)8/h3-6,9-10,13-16H,7-8,11-12H2,1-2H3;1-2H,(H,5,6)(H,7,8)/b;2-1-. The Hall–Kier alpha value is -3.10. The van der Waals surface area contributed by atoms with E-state index in [0.29, 0.717) is 35.0 Å². The highest BCUT2D eigenvalue weighted by Gasteiger charge is 2.40. The molecule has 3 atom stereocenters. The molecule has 0 radical (unpaired) electrons. The minimum Gasteiger partial charge on any atom is -0.478 e. The Kier molecular flexibility index (Phi) is 8.52. The predicted molar refractivity (Wildman–Crippen MR) is 127 cm³/mol. The molecule has 0 aliphatic carbocycles. The molecule has 2 aromatic rings. The molecule has 0 spiro atoms. The lowest BCUT2D eigenvalue weighted by Crippen LogP contribution is -2.44. The fraction of sp³-hybridized carbons (Fsp3) is 0.400. The van der Waals surface area contributed by atoms with E-state index < -0.39 is 18.0 Å². The van der Waals surface area contributed by atoms with Gasteiger partial charge in [0.05, 0.1) is 0 Å². The number of carboxylic acid groups (broad SMARTS) is 2. The lowest BCUT2D eigenvalue weighted by Gasteiger charge is -2.36. The smallest absolute Gasteiger partial charge is 0.347 e. The molecule has 4 rings (SSSR count). The average molecular weight is 490 g/mol. The van der Waals surface area contributed by atoms with Crippen molar-refractivity contribution in [3.05, 3.63) is 53.6 Å². The quantitative estimate of drug-likeness (QED) is 0.459. The molecule has 8 nitrogen and oxygen atoms in total. The van der Waals surface area contributed by atoms with Crippen LogP contribution in [0.15, 0.2) is 48.6 Å². The van der Waals surface area contributed by atoms with Gasteiger partial charge in [-0.25, -0.2) is 14.4 Å². The van der Waals surface area contributed by atoms with Crippen molar-refractivity contribution >= 4 is 40.3 Å². The molecule has 182 valence electrons. The summed E-state index contributed by atoms with van der Waals surface area (Å²) >= 11 is 6.25. The van der Waals surface area contributed by atoms with E-state index in [9.17, 15) is 14.4 Å². The molecule has 2 aromatic carbocycles. The van der Waals surface area contributed by atoms with Gasteiger partial charge in [0.25, 0.3) is 0 Å². The second kappa shape index (κ2) is 11.4. The number of hydrogen-bond acceptors (Lipinski definition) is 6. The van der Waals surface area contributed by atoms with Crippen molar-refractivity contribution in [1.29, 1.82) is 0 Å². The fourth-order valence-electron chi connectivity index (χ4n) is 4.44. The highest BCUT2D eigenvalue weighted by Crippen LogP contribution is 2.36. The van der Waals surface area contributed by atoms with Gasteiger partial charge in [0.2, 0.25) is 0 Å². The lowest BCUT2D eigenvalue weighted by molar-refractivity contribution is -0.159. The highest BCUT2D eigenvalue weighted by molar-refractivity contribution is 6.35. The van der Waals surface area contributed by atoms with Crippen LogP contribution in [-0.4, -0.2) is 64.4 Å².